The van der Waals surface area contributed by atoms with E-state index in [1.807, 2.05) is 0 Å². The molecule has 0 aliphatic carbocycles. The highest BCUT2D eigenvalue weighted by Crippen LogP contribution is 2.37. The van der Waals surface area contributed by atoms with Crippen molar-refractivity contribution in [3.63, 3.8) is 0 Å². The Morgan fingerprint density at radius 2 is 1.71 bits per heavy atom. The lowest BCUT2D eigenvalue weighted by molar-refractivity contribution is 0.605. The molecule has 0 aliphatic rings. The van der Waals surface area contributed by atoms with Crippen molar-refractivity contribution in [3.8, 4) is 0 Å². The molecule has 3 nitrogen and oxygen atoms in total. The van der Waals surface area contributed by atoms with Gasteiger partial charge >= 0.3 is 5.69 Å². The molecule has 3 aromatic rings. The van der Waals surface area contributed by atoms with Gasteiger partial charge in [0.2, 0.25) is 0 Å². The van der Waals surface area contributed by atoms with Gasteiger partial charge in [-0.2, -0.15) is 0 Å². The van der Waals surface area contributed by atoms with Crippen molar-refractivity contribution in [3.05, 3.63) is 66.7 Å². The minimum absolute atomic E-state index is 0.297. The van der Waals surface area contributed by atoms with Crippen LogP contribution < -0.4 is 5.69 Å². The molecule has 0 aliphatic heterocycles. The number of hydrogen-bond acceptors (Lipinski definition) is 1. The number of hydrogen-bond donors (Lipinski definition) is 2. The molecule has 1 heterocycles. The molecular formula is C14H8Br2ClFN2O. The molecule has 3 rings (SSSR count). The summed E-state index contributed by atoms with van der Waals surface area (Å²) < 4.78 is 15.2. The normalized spacial score (nSPS) is 12.8. The highest BCUT2D eigenvalue weighted by molar-refractivity contribution is 9.10. The average molecular weight is 434 g/mol. The van der Waals surface area contributed by atoms with E-state index < -0.39 is 11.2 Å². The second-order valence-electron chi connectivity index (χ2n) is 4.50. The van der Waals surface area contributed by atoms with Crippen LogP contribution in [0.2, 0.25) is 0 Å². The lowest BCUT2D eigenvalue weighted by Crippen LogP contribution is -1.99. The summed E-state index contributed by atoms with van der Waals surface area (Å²) in [5, 5.41) is -0.681. The molecule has 0 fully saturated rings. The van der Waals surface area contributed by atoms with Crippen molar-refractivity contribution in [2.75, 3.05) is 0 Å². The number of fused-ring (bicyclic) bond motifs is 1. The third kappa shape index (κ3) is 2.67. The minimum Gasteiger partial charge on any atom is -0.306 e. The van der Waals surface area contributed by atoms with Crippen molar-refractivity contribution < 1.29 is 4.39 Å². The number of nitrogens with one attached hydrogen (secondary N) is 2. The van der Waals surface area contributed by atoms with Gasteiger partial charge in [0, 0.05) is 10.0 Å². The molecule has 1 aromatic heterocycles. The van der Waals surface area contributed by atoms with Crippen LogP contribution in [0.15, 0.2) is 44.1 Å². The fourth-order valence-electron chi connectivity index (χ4n) is 2.15. The van der Waals surface area contributed by atoms with Crippen LogP contribution in [0.1, 0.15) is 16.5 Å². The number of rotatable bonds is 2. The summed E-state index contributed by atoms with van der Waals surface area (Å²) in [6.45, 7) is 0. The predicted octanol–water partition coefficient (Wildman–Crippen LogP) is 4.85. The van der Waals surface area contributed by atoms with E-state index in [1.165, 1.54) is 0 Å². The third-order valence-corrected chi connectivity index (χ3v) is 4.93. The SMILES string of the molecule is O=c1[nH]c2cc(Br)c(C(Cl)c3cccc(Br)c3F)cc2[nH]1. The van der Waals surface area contributed by atoms with Crippen molar-refractivity contribution in [2.45, 2.75) is 5.38 Å². The molecule has 0 bridgehead atoms. The fourth-order valence-corrected chi connectivity index (χ4v) is 3.59. The zero-order valence-corrected chi connectivity index (χ0v) is 14.3. The van der Waals surface area contributed by atoms with Gasteiger partial charge in [-0.3, -0.25) is 0 Å². The van der Waals surface area contributed by atoms with E-state index >= 15 is 0 Å². The summed E-state index contributed by atoms with van der Waals surface area (Å²) in [7, 11) is 0. The highest BCUT2D eigenvalue weighted by atomic mass is 79.9. The molecule has 0 amide bonds. The Morgan fingerprint density at radius 1 is 1.05 bits per heavy atom. The summed E-state index contributed by atoms with van der Waals surface area (Å²) in [5.74, 6) is -0.396. The topological polar surface area (TPSA) is 48.6 Å². The summed E-state index contributed by atoms with van der Waals surface area (Å²) in [4.78, 5) is 16.6. The third-order valence-electron chi connectivity index (χ3n) is 3.16. The minimum atomic E-state index is -0.681. The fraction of sp³-hybridized carbons (Fsp3) is 0.0714. The Hall–Kier alpha value is -1.11. The molecule has 0 saturated heterocycles. The lowest BCUT2D eigenvalue weighted by atomic mass is 10.0. The molecule has 1 unspecified atom stereocenters. The molecular weight excluding hydrogens is 426 g/mol. The first-order valence-electron chi connectivity index (χ1n) is 5.97. The van der Waals surface area contributed by atoms with Crippen LogP contribution in [0.25, 0.3) is 11.0 Å². The molecule has 0 saturated carbocycles. The van der Waals surface area contributed by atoms with Crippen LogP contribution >= 0.6 is 43.5 Å². The predicted molar refractivity (Wildman–Crippen MR) is 88.4 cm³/mol. The zero-order valence-electron chi connectivity index (χ0n) is 10.4. The van der Waals surface area contributed by atoms with Crippen molar-refractivity contribution >= 4 is 54.5 Å². The smallest absolute Gasteiger partial charge is 0.306 e. The standard InChI is InChI=1S/C14H8Br2ClFN2O/c15-8-3-1-2-6(13(8)18)12(17)7-4-10-11(5-9(7)16)20-14(21)19-10/h1-5,12H,(H2,19,20,21). The summed E-state index contributed by atoms with van der Waals surface area (Å²) in [5.41, 5.74) is 2.03. The molecule has 2 N–H and O–H groups in total. The van der Waals surface area contributed by atoms with E-state index in [0.29, 0.717) is 31.1 Å². The van der Waals surface area contributed by atoms with Gasteiger partial charge in [-0.1, -0.05) is 28.1 Å². The maximum atomic E-state index is 14.2. The summed E-state index contributed by atoms with van der Waals surface area (Å²) >= 11 is 13.0. The van der Waals surface area contributed by atoms with E-state index in [1.54, 1.807) is 30.3 Å². The summed E-state index contributed by atoms with van der Waals surface area (Å²) in [6.07, 6.45) is 0. The van der Waals surface area contributed by atoms with Crippen LogP contribution in [0.3, 0.4) is 0 Å². The Labute approximate surface area is 140 Å². The number of H-pyrrole nitrogens is 2. The van der Waals surface area contributed by atoms with Gasteiger partial charge in [-0.15, -0.1) is 11.6 Å². The van der Waals surface area contributed by atoms with Crippen molar-refractivity contribution in [1.29, 1.82) is 0 Å². The summed E-state index contributed by atoms with van der Waals surface area (Å²) in [6, 6.07) is 8.45. The number of aromatic amines is 2. The zero-order chi connectivity index (χ0) is 15.1. The first kappa shape index (κ1) is 14.8. The monoisotopic (exact) mass is 432 g/mol. The van der Waals surface area contributed by atoms with Crippen LogP contribution in [0.5, 0.6) is 0 Å². The number of alkyl halides is 1. The number of halogens is 4. The first-order valence-corrected chi connectivity index (χ1v) is 7.99. The van der Waals surface area contributed by atoms with Gasteiger partial charge in [0.05, 0.1) is 20.9 Å². The molecule has 108 valence electrons. The average Bonchev–Trinajstić information content (AvgIpc) is 2.79. The van der Waals surface area contributed by atoms with E-state index in [2.05, 4.69) is 41.8 Å². The lowest BCUT2D eigenvalue weighted by Gasteiger charge is -2.14. The van der Waals surface area contributed by atoms with Gasteiger partial charge in [-0.25, -0.2) is 9.18 Å². The molecule has 2 aromatic carbocycles. The van der Waals surface area contributed by atoms with Crippen LogP contribution in [0.4, 0.5) is 4.39 Å². The van der Waals surface area contributed by atoms with Gasteiger partial charge in [0.15, 0.2) is 0 Å². The Balaban J connectivity index is 2.16. The molecule has 7 heteroatoms. The van der Waals surface area contributed by atoms with Crippen LogP contribution in [-0.4, -0.2) is 9.97 Å². The maximum Gasteiger partial charge on any atom is 0.323 e. The second-order valence-corrected chi connectivity index (χ2v) is 6.65. The molecule has 1 atom stereocenters. The molecule has 0 spiro atoms. The largest absolute Gasteiger partial charge is 0.323 e. The van der Waals surface area contributed by atoms with Crippen LogP contribution in [0, 0.1) is 5.82 Å². The van der Waals surface area contributed by atoms with Gasteiger partial charge in [0.1, 0.15) is 5.82 Å². The number of aromatic nitrogens is 2. The van der Waals surface area contributed by atoms with E-state index in [9.17, 15) is 9.18 Å². The Bertz CT molecular complexity index is 890. The van der Waals surface area contributed by atoms with E-state index in [4.69, 9.17) is 11.6 Å². The van der Waals surface area contributed by atoms with E-state index in [0.717, 1.165) is 0 Å². The van der Waals surface area contributed by atoms with Gasteiger partial charge < -0.3 is 9.97 Å². The quantitative estimate of drug-likeness (QED) is 0.557. The van der Waals surface area contributed by atoms with Crippen LogP contribution in [-0.2, 0) is 0 Å². The van der Waals surface area contributed by atoms with Crippen molar-refractivity contribution in [1.82, 2.24) is 9.97 Å². The first-order chi connectivity index (χ1) is 9.97. The molecule has 21 heavy (non-hydrogen) atoms. The van der Waals surface area contributed by atoms with Gasteiger partial charge in [-0.05, 0) is 39.7 Å². The second kappa shape index (κ2) is 5.59. The molecule has 0 radical (unpaired) electrons. The maximum absolute atomic E-state index is 14.2. The Kier molecular flexibility index (Phi) is 3.94. The van der Waals surface area contributed by atoms with Gasteiger partial charge in [0.25, 0.3) is 0 Å². The van der Waals surface area contributed by atoms with Crippen molar-refractivity contribution in [2.24, 2.45) is 0 Å². The Morgan fingerprint density at radius 3 is 2.43 bits per heavy atom. The van der Waals surface area contributed by atoms with E-state index in [-0.39, 0.29) is 5.69 Å². The number of imidazole rings is 1. The highest BCUT2D eigenvalue weighted by Gasteiger charge is 2.20. The number of benzene rings is 2.